The number of fused-ring (bicyclic) bond motifs is 1. The Morgan fingerprint density at radius 1 is 1.53 bits per heavy atom. The second kappa shape index (κ2) is 4.75. The Kier molecular flexibility index (Phi) is 3.08. The molecule has 1 unspecified atom stereocenters. The minimum Gasteiger partial charge on any atom is -0.441 e. The minimum atomic E-state index is -0.139. The number of carbonyl (C=O) groups is 1. The molecule has 0 amide bonds. The van der Waals surface area contributed by atoms with Crippen molar-refractivity contribution >= 4 is 16.9 Å². The molecule has 1 aromatic carbocycles. The highest BCUT2D eigenvalue weighted by molar-refractivity contribution is 6.02. The van der Waals surface area contributed by atoms with Crippen LogP contribution in [-0.2, 0) is 0 Å². The summed E-state index contributed by atoms with van der Waals surface area (Å²) in [5.41, 5.74) is 2.15. The number of nitrogens with zero attached hydrogens (tertiary/aromatic N) is 2. The van der Waals surface area contributed by atoms with Crippen molar-refractivity contribution in [1.82, 2.24) is 15.2 Å². The molecule has 0 bridgehead atoms. The van der Waals surface area contributed by atoms with Crippen molar-refractivity contribution in [3.05, 3.63) is 29.7 Å². The number of piperazine rings is 1. The number of benzene rings is 1. The van der Waals surface area contributed by atoms with Gasteiger partial charge in [-0.2, -0.15) is 0 Å². The predicted octanol–water partition coefficient (Wildman–Crippen LogP) is 1.22. The molecule has 0 aliphatic carbocycles. The predicted molar refractivity (Wildman–Crippen MR) is 72.4 cm³/mol. The molecule has 5 nitrogen and oxygen atoms in total. The molecule has 1 aromatic heterocycles. The molecule has 1 atom stereocenters. The van der Waals surface area contributed by atoms with E-state index in [1.54, 1.807) is 13.0 Å². The zero-order chi connectivity index (χ0) is 13.4. The van der Waals surface area contributed by atoms with Crippen LogP contribution in [0.5, 0.6) is 0 Å². The van der Waals surface area contributed by atoms with E-state index in [2.05, 4.69) is 15.2 Å². The minimum absolute atomic E-state index is 0.113. The highest BCUT2D eigenvalue weighted by atomic mass is 16.3. The fraction of sp³-hybridized carbons (Fsp3) is 0.429. The van der Waals surface area contributed by atoms with E-state index in [1.807, 2.05) is 19.2 Å². The lowest BCUT2D eigenvalue weighted by atomic mass is 10.0. The number of hydrogen-bond acceptors (Lipinski definition) is 5. The summed E-state index contributed by atoms with van der Waals surface area (Å²) in [6, 6.07) is 5.31. The number of aryl methyl sites for hydroxylation is 1. The SMILES string of the molecule is Cc1nc2ccc(C(=O)C3CN(C)CCN3)cc2o1. The summed E-state index contributed by atoms with van der Waals surface area (Å²) in [4.78, 5) is 18.8. The van der Waals surface area contributed by atoms with Crippen LogP contribution in [0, 0.1) is 6.92 Å². The maximum absolute atomic E-state index is 12.4. The van der Waals surface area contributed by atoms with Crippen molar-refractivity contribution in [3.8, 4) is 0 Å². The Bertz CT molecular complexity index is 620. The number of ketones is 1. The van der Waals surface area contributed by atoms with E-state index >= 15 is 0 Å². The maximum atomic E-state index is 12.4. The van der Waals surface area contributed by atoms with Crippen LogP contribution in [0.2, 0.25) is 0 Å². The van der Waals surface area contributed by atoms with Crippen LogP contribution in [0.25, 0.3) is 11.1 Å². The van der Waals surface area contributed by atoms with Crippen molar-refractivity contribution in [2.45, 2.75) is 13.0 Å². The van der Waals surface area contributed by atoms with Crippen LogP contribution in [0.3, 0.4) is 0 Å². The Morgan fingerprint density at radius 3 is 3.16 bits per heavy atom. The summed E-state index contributed by atoms with van der Waals surface area (Å²) in [6.07, 6.45) is 0. The molecule has 100 valence electrons. The number of oxazole rings is 1. The van der Waals surface area contributed by atoms with Gasteiger partial charge in [0.25, 0.3) is 0 Å². The van der Waals surface area contributed by atoms with E-state index in [-0.39, 0.29) is 11.8 Å². The zero-order valence-electron chi connectivity index (χ0n) is 11.1. The van der Waals surface area contributed by atoms with Gasteiger partial charge in [0.1, 0.15) is 5.52 Å². The second-order valence-electron chi connectivity index (χ2n) is 5.05. The van der Waals surface area contributed by atoms with Crippen LogP contribution < -0.4 is 5.32 Å². The van der Waals surface area contributed by atoms with E-state index in [0.29, 0.717) is 17.0 Å². The average molecular weight is 259 g/mol. The molecule has 3 rings (SSSR count). The van der Waals surface area contributed by atoms with Crippen molar-refractivity contribution < 1.29 is 9.21 Å². The largest absolute Gasteiger partial charge is 0.441 e. The quantitative estimate of drug-likeness (QED) is 0.822. The molecule has 0 radical (unpaired) electrons. The average Bonchev–Trinajstić information content (AvgIpc) is 2.76. The van der Waals surface area contributed by atoms with Gasteiger partial charge in [0.2, 0.25) is 0 Å². The fourth-order valence-electron chi connectivity index (χ4n) is 2.47. The van der Waals surface area contributed by atoms with Crippen LogP contribution in [0.4, 0.5) is 0 Å². The van der Waals surface area contributed by atoms with Gasteiger partial charge < -0.3 is 14.6 Å². The Hall–Kier alpha value is -1.72. The number of aromatic nitrogens is 1. The van der Waals surface area contributed by atoms with Crippen LogP contribution >= 0.6 is 0 Å². The molecule has 19 heavy (non-hydrogen) atoms. The molecule has 2 heterocycles. The zero-order valence-corrected chi connectivity index (χ0v) is 11.1. The number of hydrogen-bond donors (Lipinski definition) is 1. The van der Waals surface area contributed by atoms with Gasteiger partial charge in [-0.3, -0.25) is 4.79 Å². The van der Waals surface area contributed by atoms with Crippen molar-refractivity contribution in [3.63, 3.8) is 0 Å². The lowest BCUT2D eigenvalue weighted by molar-refractivity contribution is 0.0894. The van der Waals surface area contributed by atoms with Gasteiger partial charge in [-0.1, -0.05) is 0 Å². The lowest BCUT2D eigenvalue weighted by Gasteiger charge is -2.29. The number of carbonyl (C=O) groups excluding carboxylic acids is 1. The summed E-state index contributed by atoms with van der Waals surface area (Å²) in [5, 5.41) is 3.26. The summed E-state index contributed by atoms with van der Waals surface area (Å²) in [5.74, 6) is 0.734. The smallest absolute Gasteiger partial charge is 0.192 e. The summed E-state index contributed by atoms with van der Waals surface area (Å²) in [7, 11) is 2.03. The maximum Gasteiger partial charge on any atom is 0.192 e. The molecule has 5 heteroatoms. The van der Waals surface area contributed by atoms with Gasteiger partial charge in [0.05, 0.1) is 6.04 Å². The Balaban J connectivity index is 1.88. The fourth-order valence-corrected chi connectivity index (χ4v) is 2.47. The molecule has 1 fully saturated rings. The normalized spacial score (nSPS) is 20.8. The van der Waals surface area contributed by atoms with E-state index in [4.69, 9.17) is 4.42 Å². The first-order valence-electron chi connectivity index (χ1n) is 6.47. The third-order valence-electron chi connectivity index (χ3n) is 3.47. The molecule has 1 aliphatic heterocycles. The lowest BCUT2D eigenvalue weighted by Crippen LogP contribution is -2.52. The topological polar surface area (TPSA) is 58.4 Å². The molecule has 0 saturated carbocycles. The molecule has 2 aromatic rings. The van der Waals surface area contributed by atoms with Crippen LogP contribution in [0.1, 0.15) is 16.2 Å². The Labute approximate surface area is 111 Å². The van der Waals surface area contributed by atoms with E-state index in [9.17, 15) is 4.79 Å². The van der Waals surface area contributed by atoms with Gasteiger partial charge in [-0.05, 0) is 25.2 Å². The molecular formula is C14H17N3O2. The molecule has 1 aliphatic rings. The first-order chi connectivity index (χ1) is 9.13. The number of Topliss-reactive ketones (excluding diaryl/α,β-unsaturated/α-hetero) is 1. The third-order valence-corrected chi connectivity index (χ3v) is 3.47. The summed E-state index contributed by atoms with van der Waals surface area (Å²) in [6.45, 7) is 4.37. The van der Waals surface area contributed by atoms with Gasteiger partial charge >= 0.3 is 0 Å². The van der Waals surface area contributed by atoms with Gasteiger partial charge in [0.15, 0.2) is 17.3 Å². The standard InChI is InChI=1S/C14H17N3O2/c1-9-16-11-4-3-10(7-13(11)19-9)14(18)12-8-17(2)6-5-15-12/h3-4,7,12,15H,5-6,8H2,1-2H3. The first kappa shape index (κ1) is 12.3. The molecule has 1 N–H and O–H groups in total. The van der Waals surface area contributed by atoms with E-state index < -0.39 is 0 Å². The third kappa shape index (κ3) is 2.39. The molecular weight excluding hydrogens is 242 g/mol. The van der Waals surface area contributed by atoms with Gasteiger partial charge in [-0.25, -0.2) is 4.98 Å². The van der Waals surface area contributed by atoms with Gasteiger partial charge in [0, 0.05) is 32.1 Å². The number of nitrogens with one attached hydrogen (secondary N) is 1. The summed E-state index contributed by atoms with van der Waals surface area (Å²) >= 11 is 0. The number of rotatable bonds is 2. The van der Waals surface area contributed by atoms with Gasteiger partial charge in [-0.15, -0.1) is 0 Å². The van der Waals surface area contributed by atoms with E-state index in [1.165, 1.54) is 0 Å². The highest BCUT2D eigenvalue weighted by Crippen LogP contribution is 2.18. The van der Waals surface area contributed by atoms with Crippen molar-refractivity contribution in [2.24, 2.45) is 0 Å². The van der Waals surface area contributed by atoms with Crippen LogP contribution in [-0.4, -0.2) is 48.4 Å². The molecule has 0 spiro atoms. The Morgan fingerprint density at radius 2 is 2.37 bits per heavy atom. The monoisotopic (exact) mass is 259 g/mol. The highest BCUT2D eigenvalue weighted by Gasteiger charge is 2.24. The number of likely N-dealkylation sites (N-methyl/N-ethyl adjacent to an activating group) is 1. The van der Waals surface area contributed by atoms with Crippen molar-refractivity contribution in [1.29, 1.82) is 0 Å². The van der Waals surface area contributed by atoms with Crippen molar-refractivity contribution in [2.75, 3.05) is 26.7 Å². The molecule has 1 saturated heterocycles. The second-order valence-corrected chi connectivity index (χ2v) is 5.05. The van der Waals surface area contributed by atoms with Crippen LogP contribution in [0.15, 0.2) is 22.6 Å². The first-order valence-corrected chi connectivity index (χ1v) is 6.47. The van der Waals surface area contributed by atoms with E-state index in [0.717, 1.165) is 25.2 Å². The summed E-state index contributed by atoms with van der Waals surface area (Å²) < 4.78 is 5.47.